The summed E-state index contributed by atoms with van der Waals surface area (Å²) in [6.07, 6.45) is 2.32. The van der Waals surface area contributed by atoms with E-state index in [1.807, 2.05) is 20.8 Å². The van der Waals surface area contributed by atoms with Crippen LogP contribution in [0.15, 0.2) is 66.7 Å². The average molecular weight is 918 g/mol. The number of nitrogens with two attached hydrogens (primary N) is 3. The van der Waals surface area contributed by atoms with Crippen molar-refractivity contribution in [1.29, 1.82) is 16.2 Å². The topological polar surface area (TPSA) is 292 Å². The molecule has 331 valence electrons. The smallest absolute Gasteiger partial charge is 0.372 e. The second-order valence-electron chi connectivity index (χ2n) is 17.4. The maximum Gasteiger partial charge on any atom is 0.372 e. The number of rotatable bonds is 14. The summed E-state index contributed by atoms with van der Waals surface area (Å²) < 4.78 is 0. The fourth-order valence-corrected chi connectivity index (χ4v) is 4.99. The Hall–Kier alpha value is -5.21. The number of nitrogen functional groups attached to an aromatic ring is 3. The number of amidine groups is 3. The fraction of sp³-hybridized carbons (Fsp3) is 0.391. The van der Waals surface area contributed by atoms with E-state index >= 15 is 0 Å². The zero-order valence-electron chi connectivity index (χ0n) is 36.1. The fourth-order valence-electron chi connectivity index (χ4n) is 4.99. The predicted octanol–water partition coefficient (Wildman–Crippen LogP) is 6.59. The van der Waals surface area contributed by atoms with Gasteiger partial charge in [0.1, 0.15) is 17.5 Å². The summed E-state index contributed by atoms with van der Waals surface area (Å²) in [6.45, 7) is 22.0. The van der Waals surface area contributed by atoms with Gasteiger partial charge in [0.25, 0.3) is 0 Å². The van der Waals surface area contributed by atoms with Crippen LogP contribution >= 0.6 is 0 Å². The first kappa shape index (κ1) is 60.1. The molecule has 0 aliphatic carbocycles. The molecular formula is C46H64N6O8Y-2. The van der Waals surface area contributed by atoms with Gasteiger partial charge in [0.15, 0.2) is 0 Å². The summed E-state index contributed by atoms with van der Waals surface area (Å²) in [5, 5.41) is 39.6. The Morgan fingerprint density at radius 1 is 0.656 bits per heavy atom. The third-order valence-corrected chi connectivity index (χ3v) is 7.54. The number of carbonyl (C=O) groups is 5. The summed E-state index contributed by atoms with van der Waals surface area (Å²) in [7, 11) is 0. The summed E-state index contributed by atoms with van der Waals surface area (Å²) in [5.74, 6) is -5.90. The van der Waals surface area contributed by atoms with E-state index in [1.165, 1.54) is 6.29 Å². The van der Waals surface area contributed by atoms with Gasteiger partial charge < -0.3 is 43.9 Å². The molecule has 3 aromatic rings. The van der Waals surface area contributed by atoms with Crippen LogP contribution in [0.3, 0.4) is 0 Å². The minimum Gasteiger partial charge on any atom is -0.534 e. The van der Waals surface area contributed by atoms with Gasteiger partial charge in [0.2, 0.25) is 11.6 Å². The van der Waals surface area contributed by atoms with Gasteiger partial charge in [-0.05, 0) is 52.0 Å². The van der Waals surface area contributed by atoms with Gasteiger partial charge in [-0.15, -0.1) is 0 Å². The van der Waals surface area contributed by atoms with Crippen molar-refractivity contribution in [2.24, 2.45) is 33.4 Å². The Morgan fingerprint density at radius 3 is 1.41 bits per heavy atom. The second-order valence-corrected chi connectivity index (χ2v) is 17.4. The molecule has 0 spiro atoms. The predicted molar refractivity (Wildman–Crippen MR) is 237 cm³/mol. The molecule has 3 aromatic carbocycles. The molecule has 0 aliphatic heterocycles. The molecular weight excluding hydrogens is 853 g/mol. The van der Waals surface area contributed by atoms with Gasteiger partial charge in [0.05, 0.1) is 5.92 Å². The van der Waals surface area contributed by atoms with Gasteiger partial charge in [-0.3, -0.25) is 25.8 Å². The van der Waals surface area contributed by atoms with Crippen LogP contribution in [0.2, 0.25) is 0 Å². The number of carboxylic acids is 2. The standard InChI is InChI=1S/2C15H20N2O3.C10H9N2O2.C5H11.CH4.Y/c1-15(2,3)8-11(12(18)14(19)20)9-4-6-10(7-5-9)13(16)17;1-15(2,3)8-11-6-10(13(16)17)5-4-9(11)7-12(18)14(19)20;11-10(12)8-3-1-7(2-4-8)5-9(14)6-13;1-5(2,3)4;;/h4-7,11H,8H2,1-3H3,(H3,16,17)(H,19,20);4-6H,7-8H2,1-3H3,(H3,16,17)(H,19,20);1-4H,5H2,(H3,11,12);1H2,2-4H3;1H4;/q;;2*-1;;. The van der Waals surface area contributed by atoms with E-state index in [1.54, 1.807) is 66.7 Å². The minimum absolute atomic E-state index is 0. The van der Waals surface area contributed by atoms with Crippen molar-refractivity contribution in [2.75, 3.05) is 0 Å². The molecule has 0 aliphatic rings. The van der Waals surface area contributed by atoms with E-state index < -0.39 is 35.2 Å². The number of aliphatic carboxylic acids is 2. The summed E-state index contributed by atoms with van der Waals surface area (Å²) in [4.78, 5) is 65.6. The van der Waals surface area contributed by atoms with Gasteiger partial charge >= 0.3 is 11.9 Å². The zero-order valence-corrected chi connectivity index (χ0v) is 39.0. The van der Waals surface area contributed by atoms with E-state index in [4.69, 9.17) is 43.6 Å². The molecule has 0 amide bonds. The Balaban J connectivity index is -0.000000780. The van der Waals surface area contributed by atoms with Crippen molar-refractivity contribution in [3.05, 3.63) is 113 Å². The number of carboxylic acid groups (broad SMARTS) is 2. The third kappa shape index (κ3) is 26.6. The number of Topliss-reactive ketones (excluding diaryl/α,β-unsaturated/α-hetero) is 3. The maximum atomic E-state index is 11.9. The Labute approximate surface area is 386 Å². The molecule has 0 bridgehead atoms. The Morgan fingerprint density at radius 2 is 1.07 bits per heavy atom. The van der Waals surface area contributed by atoms with Gasteiger partial charge in [0, 0.05) is 68.0 Å². The van der Waals surface area contributed by atoms with Gasteiger partial charge in [-0.1, -0.05) is 130 Å². The number of benzene rings is 3. The van der Waals surface area contributed by atoms with Crippen LogP contribution in [0.25, 0.3) is 0 Å². The molecule has 15 heteroatoms. The Bertz CT molecular complexity index is 1980. The molecule has 1 radical (unpaired) electrons. The molecule has 0 saturated carbocycles. The second kappa shape index (κ2) is 26.9. The average Bonchev–Trinajstić information content (AvgIpc) is 3.10. The quantitative estimate of drug-likeness (QED) is 0.0369. The van der Waals surface area contributed by atoms with Crippen LogP contribution in [0.1, 0.15) is 121 Å². The van der Waals surface area contributed by atoms with Crippen molar-refractivity contribution in [2.45, 2.75) is 101 Å². The molecule has 1 atom stereocenters. The first-order valence-corrected chi connectivity index (χ1v) is 18.5. The van der Waals surface area contributed by atoms with Crippen LogP contribution in [0.5, 0.6) is 0 Å². The van der Waals surface area contributed by atoms with E-state index in [2.05, 4.69) is 48.5 Å². The van der Waals surface area contributed by atoms with Gasteiger partial charge in [-0.25, -0.2) is 9.59 Å². The number of carbonyl (C=O) groups excluding carboxylic acids is 4. The molecule has 14 nitrogen and oxygen atoms in total. The molecule has 0 saturated heterocycles. The Kier molecular flexibility index (Phi) is 26.5. The van der Waals surface area contributed by atoms with Gasteiger partial charge in [-0.2, -0.15) is 11.7 Å². The van der Waals surface area contributed by atoms with E-state index in [0.29, 0.717) is 46.2 Å². The molecule has 0 fully saturated rings. The number of hydrogen-bond donors (Lipinski definition) is 8. The molecule has 3 rings (SSSR count). The van der Waals surface area contributed by atoms with Crippen molar-refractivity contribution >= 4 is 53.1 Å². The molecule has 1 unspecified atom stereocenters. The molecule has 61 heavy (non-hydrogen) atoms. The zero-order chi connectivity index (χ0) is 46.1. The van der Waals surface area contributed by atoms with Crippen LogP contribution in [0.4, 0.5) is 0 Å². The third-order valence-electron chi connectivity index (χ3n) is 7.54. The normalized spacial score (nSPS) is 11.0. The number of hydrogen-bond acceptors (Lipinski definition) is 9. The summed E-state index contributed by atoms with van der Waals surface area (Å²) in [5.41, 5.74) is 20.8. The summed E-state index contributed by atoms with van der Waals surface area (Å²) in [6, 6.07) is 18.2. The van der Waals surface area contributed by atoms with Crippen molar-refractivity contribution in [3.8, 4) is 0 Å². The largest absolute Gasteiger partial charge is 0.534 e. The van der Waals surface area contributed by atoms with Crippen molar-refractivity contribution < 1.29 is 71.7 Å². The van der Waals surface area contributed by atoms with E-state index in [0.717, 1.165) is 5.56 Å². The number of ketones is 3. The van der Waals surface area contributed by atoms with Crippen LogP contribution in [-0.2, 0) is 80.7 Å². The van der Waals surface area contributed by atoms with E-state index in [9.17, 15) is 28.8 Å². The van der Waals surface area contributed by atoms with Crippen molar-refractivity contribution in [1.82, 2.24) is 0 Å². The van der Waals surface area contributed by atoms with Crippen molar-refractivity contribution in [3.63, 3.8) is 0 Å². The summed E-state index contributed by atoms with van der Waals surface area (Å²) >= 11 is 0. The molecule has 0 aromatic heterocycles. The van der Waals surface area contributed by atoms with E-state index in [-0.39, 0.29) is 86.7 Å². The number of nitrogens with one attached hydrogen (secondary N) is 3. The first-order chi connectivity index (χ1) is 26.8. The molecule has 11 N–H and O–H groups in total. The maximum absolute atomic E-state index is 11.9. The SMILES string of the molecule is C.CC(C)(C)CC(C(=O)C(=O)O)c1ccc(C(=N)N)cc1.CC(C)(C)Cc1cc(C(=N)N)ccc1CC(=O)C(=O)O.N=C(N)c1ccc(CC(=O)[C-]=O)cc1.[CH2-]C(C)(C)C.[Y]. The monoisotopic (exact) mass is 917 g/mol. The molecule has 0 heterocycles. The van der Waals surface area contributed by atoms with Crippen LogP contribution < -0.4 is 17.2 Å². The van der Waals surface area contributed by atoms with Crippen LogP contribution in [-0.4, -0.2) is 63.3 Å². The van der Waals surface area contributed by atoms with Crippen LogP contribution in [0, 0.1) is 39.4 Å². The first-order valence-electron chi connectivity index (χ1n) is 18.5. The minimum atomic E-state index is -1.43.